The molecule has 0 aromatic heterocycles. The van der Waals surface area contributed by atoms with Crippen LogP contribution in [0.3, 0.4) is 0 Å². The highest BCUT2D eigenvalue weighted by Gasteiger charge is 2.83. The van der Waals surface area contributed by atoms with E-state index in [-0.39, 0.29) is 32.2 Å². The summed E-state index contributed by atoms with van der Waals surface area (Å²) >= 11 is 0. The van der Waals surface area contributed by atoms with Gasteiger partial charge in [-0.3, -0.25) is 4.79 Å². The maximum atomic E-state index is 13.1. The predicted octanol–water partition coefficient (Wildman–Crippen LogP) is 1.36. The van der Waals surface area contributed by atoms with E-state index in [1.807, 2.05) is 19.9 Å². The summed E-state index contributed by atoms with van der Waals surface area (Å²) in [5, 5.41) is 31.7. The topological polar surface area (TPSA) is 144 Å². The standard InChI is InChI=1S/C29H40O10/c1-16-9-23-28(12-19(16)31)14-36-26(34)10-17(2)20(32)13-35-21(18(3)30)7-5-6-8-25(33)39-22-11-24(38-23)29(15-37-29)27(22,28)4/h5-9,17-24,30-32H,10-15H2,1-4H3/b7-5+,8-6-/t17-,18-,19?,20-,21+,22+,23?,24?,27+,28+,29+/m0/s1. The summed E-state index contributed by atoms with van der Waals surface area (Å²) in [6.45, 7) is 7.40. The number of cyclic esters (lactones) is 1. The number of carbonyl (C=O) groups is 2. The summed E-state index contributed by atoms with van der Waals surface area (Å²) in [6.07, 6.45) is 3.77. The fourth-order valence-electron chi connectivity index (χ4n) is 7.02. The first-order valence-electron chi connectivity index (χ1n) is 13.8. The van der Waals surface area contributed by atoms with Crippen molar-refractivity contribution in [2.75, 3.05) is 19.8 Å². The fourth-order valence-corrected chi connectivity index (χ4v) is 7.02. The van der Waals surface area contributed by atoms with Crippen LogP contribution in [0.5, 0.6) is 0 Å². The first-order chi connectivity index (χ1) is 18.4. The number of esters is 2. The maximum Gasteiger partial charge on any atom is 0.331 e. The summed E-state index contributed by atoms with van der Waals surface area (Å²) in [4.78, 5) is 26.0. The van der Waals surface area contributed by atoms with E-state index in [0.717, 1.165) is 5.57 Å². The van der Waals surface area contributed by atoms with Crippen molar-refractivity contribution >= 4 is 11.9 Å². The molecule has 39 heavy (non-hydrogen) atoms. The number of hydrogen-bond donors (Lipinski definition) is 3. The number of ether oxygens (including phenoxy) is 5. The van der Waals surface area contributed by atoms with Crippen molar-refractivity contribution in [3.63, 3.8) is 0 Å². The highest BCUT2D eigenvalue weighted by atomic mass is 16.6. The second-order valence-electron chi connectivity index (χ2n) is 12.1. The zero-order valence-corrected chi connectivity index (χ0v) is 22.9. The number of rotatable bonds is 1. The highest BCUT2D eigenvalue weighted by molar-refractivity contribution is 5.82. The van der Waals surface area contributed by atoms with Gasteiger partial charge in [0.2, 0.25) is 0 Å². The lowest BCUT2D eigenvalue weighted by Crippen LogP contribution is -2.68. The molecule has 2 spiro atoms. The van der Waals surface area contributed by atoms with Gasteiger partial charge in [-0.1, -0.05) is 38.2 Å². The van der Waals surface area contributed by atoms with Crippen LogP contribution >= 0.6 is 0 Å². The van der Waals surface area contributed by atoms with Crippen LogP contribution in [0.25, 0.3) is 0 Å². The SMILES string of the molecule is CC1=CC2OC3C[C@H]4OC(=O)/C=C\C=C\[C@H]([C@H](C)O)OC[C@H](O)[C@@H](C)CC(=O)OC[C@@]2(CC1O)[C@]4(C)[C@@]31CO1. The van der Waals surface area contributed by atoms with E-state index in [0.29, 0.717) is 13.0 Å². The zero-order chi connectivity index (χ0) is 28.2. The second-order valence-corrected chi connectivity index (χ2v) is 12.1. The van der Waals surface area contributed by atoms with Crippen LogP contribution in [-0.4, -0.2) is 95.4 Å². The third kappa shape index (κ3) is 4.69. The Morgan fingerprint density at radius 1 is 1.13 bits per heavy atom. The molecule has 1 saturated carbocycles. The van der Waals surface area contributed by atoms with Gasteiger partial charge in [-0.25, -0.2) is 4.79 Å². The lowest BCUT2D eigenvalue weighted by Gasteiger charge is -2.58. The van der Waals surface area contributed by atoms with E-state index in [4.69, 9.17) is 23.7 Å². The van der Waals surface area contributed by atoms with Crippen molar-refractivity contribution < 1.29 is 48.6 Å². The molecule has 10 heteroatoms. The Kier molecular flexibility index (Phi) is 7.58. The third-order valence-corrected chi connectivity index (χ3v) is 9.79. The number of carbonyl (C=O) groups excluding carboxylic acids is 2. The van der Waals surface area contributed by atoms with E-state index in [9.17, 15) is 24.9 Å². The van der Waals surface area contributed by atoms with Gasteiger partial charge in [-0.15, -0.1) is 0 Å². The Morgan fingerprint density at radius 3 is 2.56 bits per heavy atom. The Morgan fingerprint density at radius 2 is 1.87 bits per heavy atom. The lowest BCUT2D eigenvalue weighted by atomic mass is 9.51. The average Bonchev–Trinajstić information content (AvgIpc) is 3.65. The summed E-state index contributed by atoms with van der Waals surface area (Å²) in [7, 11) is 0. The van der Waals surface area contributed by atoms with Crippen molar-refractivity contribution in [3.8, 4) is 0 Å². The molecule has 2 aliphatic carbocycles. The van der Waals surface area contributed by atoms with Crippen molar-refractivity contribution in [1.29, 1.82) is 0 Å². The third-order valence-electron chi connectivity index (χ3n) is 9.79. The van der Waals surface area contributed by atoms with E-state index < -0.39 is 70.9 Å². The summed E-state index contributed by atoms with van der Waals surface area (Å²) in [5.41, 5.74) is -1.66. The molecule has 11 atom stereocenters. The van der Waals surface area contributed by atoms with Crippen LogP contribution in [0.15, 0.2) is 36.0 Å². The first-order valence-corrected chi connectivity index (χ1v) is 13.8. The Balaban J connectivity index is 1.52. The Labute approximate surface area is 228 Å². The van der Waals surface area contributed by atoms with E-state index >= 15 is 0 Å². The van der Waals surface area contributed by atoms with E-state index in [1.165, 1.54) is 12.2 Å². The van der Waals surface area contributed by atoms with Crippen molar-refractivity contribution in [2.45, 2.75) is 95.3 Å². The molecule has 216 valence electrons. The van der Waals surface area contributed by atoms with Crippen LogP contribution < -0.4 is 0 Å². The average molecular weight is 549 g/mol. The molecular formula is C29H40O10. The number of aliphatic hydroxyl groups is 3. The number of epoxide rings is 1. The fraction of sp³-hybridized carbons (Fsp3) is 0.724. The molecular weight excluding hydrogens is 508 g/mol. The molecule has 0 aromatic rings. The normalized spacial score (nSPS) is 49.0. The molecule has 10 nitrogen and oxygen atoms in total. The second kappa shape index (κ2) is 10.4. The van der Waals surface area contributed by atoms with Gasteiger partial charge < -0.3 is 39.0 Å². The molecule has 5 rings (SSSR count). The van der Waals surface area contributed by atoms with Crippen LogP contribution in [-0.2, 0) is 33.3 Å². The van der Waals surface area contributed by atoms with Crippen molar-refractivity contribution in [3.05, 3.63) is 36.0 Å². The molecule has 3 N–H and O–H groups in total. The molecule has 3 unspecified atom stereocenters. The van der Waals surface area contributed by atoms with E-state index in [2.05, 4.69) is 0 Å². The minimum atomic E-state index is -0.969. The zero-order valence-electron chi connectivity index (χ0n) is 22.9. The molecule has 5 aliphatic rings. The van der Waals surface area contributed by atoms with Gasteiger partial charge in [0.05, 0.1) is 55.6 Å². The van der Waals surface area contributed by atoms with Gasteiger partial charge in [0.15, 0.2) is 0 Å². The lowest BCUT2D eigenvalue weighted by molar-refractivity contribution is -0.239. The van der Waals surface area contributed by atoms with Crippen molar-refractivity contribution in [1.82, 2.24) is 0 Å². The molecule has 0 aromatic carbocycles. The van der Waals surface area contributed by atoms with Crippen LogP contribution in [0.1, 0.15) is 47.0 Å². The number of aliphatic hydroxyl groups excluding tert-OH is 3. The summed E-state index contributed by atoms with van der Waals surface area (Å²) in [5.74, 6) is -1.53. The predicted molar refractivity (Wildman–Crippen MR) is 137 cm³/mol. The van der Waals surface area contributed by atoms with Gasteiger partial charge in [0.25, 0.3) is 0 Å². The number of hydrogen-bond acceptors (Lipinski definition) is 10. The van der Waals surface area contributed by atoms with Crippen LogP contribution in [0.4, 0.5) is 0 Å². The number of allylic oxidation sites excluding steroid dienone is 2. The van der Waals surface area contributed by atoms with Gasteiger partial charge in [-0.2, -0.15) is 0 Å². The summed E-state index contributed by atoms with van der Waals surface area (Å²) < 4.78 is 30.2. The highest BCUT2D eigenvalue weighted by Crippen LogP contribution is 2.72. The van der Waals surface area contributed by atoms with Gasteiger partial charge in [0, 0.05) is 17.9 Å². The van der Waals surface area contributed by atoms with Crippen LogP contribution in [0.2, 0.25) is 0 Å². The monoisotopic (exact) mass is 548 g/mol. The largest absolute Gasteiger partial charge is 0.465 e. The Hall–Kier alpha value is -2.08. The maximum absolute atomic E-state index is 13.1. The molecule has 0 radical (unpaired) electrons. The molecule has 0 amide bonds. The molecule has 3 aliphatic heterocycles. The quantitative estimate of drug-likeness (QED) is 0.250. The molecule has 2 bridgehead atoms. The summed E-state index contributed by atoms with van der Waals surface area (Å²) in [6, 6.07) is 0. The molecule has 3 fully saturated rings. The van der Waals surface area contributed by atoms with Crippen LogP contribution in [0, 0.1) is 16.7 Å². The van der Waals surface area contributed by atoms with Gasteiger partial charge in [-0.05, 0) is 31.8 Å². The van der Waals surface area contributed by atoms with Gasteiger partial charge >= 0.3 is 11.9 Å². The smallest absolute Gasteiger partial charge is 0.331 e. The minimum Gasteiger partial charge on any atom is -0.465 e. The Bertz CT molecular complexity index is 1060. The van der Waals surface area contributed by atoms with E-state index in [1.54, 1.807) is 26.0 Å². The molecule has 2 saturated heterocycles. The van der Waals surface area contributed by atoms with Gasteiger partial charge in [0.1, 0.15) is 24.4 Å². The first kappa shape index (κ1) is 28.4. The van der Waals surface area contributed by atoms with Crippen molar-refractivity contribution in [2.24, 2.45) is 16.7 Å². The molecule has 3 heterocycles. The minimum absolute atomic E-state index is 0.0547.